The Hall–Kier alpha value is -2.53. The number of benzene rings is 2. The number of hydrogen-bond acceptors (Lipinski definition) is 2. The zero-order chi connectivity index (χ0) is 13.9. The second-order valence-corrected chi connectivity index (χ2v) is 5.12. The largest absolute Gasteiger partial charge is 0.381 e. The van der Waals surface area contributed by atoms with Gasteiger partial charge in [0.2, 0.25) is 0 Å². The average molecular weight is 260 g/mol. The highest BCUT2D eigenvalue weighted by Gasteiger charge is 2.34. The zero-order valence-corrected chi connectivity index (χ0v) is 11.2. The second-order valence-electron chi connectivity index (χ2n) is 5.12. The summed E-state index contributed by atoms with van der Waals surface area (Å²) in [6.45, 7) is 3.84. The van der Waals surface area contributed by atoms with Gasteiger partial charge in [0.1, 0.15) is 0 Å². The Balaban J connectivity index is 1.97. The highest BCUT2D eigenvalue weighted by molar-refractivity contribution is 5.79. The van der Waals surface area contributed by atoms with Crippen LogP contribution in [0, 0.1) is 17.2 Å². The number of nitrogens with zero attached hydrogens (tertiary/aromatic N) is 1. The van der Waals surface area contributed by atoms with Gasteiger partial charge in [0.05, 0.1) is 11.6 Å². The number of nitrogens with one attached hydrogen (secondary N) is 1. The van der Waals surface area contributed by atoms with Crippen LogP contribution in [0.1, 0.15) is 12.0 Å². The molecular weight excluding hydrogens is 244 g/mol. The molecule has 1 aliphatic carbocycles. The molecule has 2 nitrogen and oxygen atoms in total. The average Bonchev–Trinajstić information content (AvgIpc) is 3.27. The van der Waals surface area contributed by atoms with Crippen LogP contribution in [0.2, 0.25) is 0 Å². The van der Waals surface area contributed by atoms with E-state index in [-0.39, 0.29) is 0 Å². The fourth-order valence-electron chi connectivity index (χ4n) is 2.44. The first-order valence-electron chi connectivity index (χ1n) is 6.80. The van der Waals surface area contributed by atoms with Gasteiger partial charge in [0, 0.05) is 17.3 Å². The quantitative estimate of drug-likeness (QED) is 0.836. The van der Waals surface area contributed by atoms with Crippen molar-refractivity contribution in [2.24, 2.45) is 5.92 Å². The van der Waals surface area contributed by atoms with Crippen molar-refractivity contribution in [1.29, 1.82) is 5.26 Å². The fourth-order valence-corrected chi connectivity index (χ4v) is 2.44. The monoisotopic (exact) mass is 260 g/mol. The number of hydrogen-bond donors (Lipinski definition) is 1. The summed E-state index contributed by atoms with van der Waals surface area (Å²) in [6, 6.07) is 18.7. The Morgan fingerprint density at radius 2 is 2.00 bits per heavy atom. The van der Waals surface area contributed by atoms with Crippen LogP contribution in [-0.4, -0.2) is 6.04 Å². The molecule has 0 radical (unpaired) electrons. The van der Waals surface area contributed by atoms with Gasteiger partial charge >= 0.3 is 0 Å². The summed E-state index contributed by atoms with van der Waals surface area (Å²) in [4.78, 5) is 0. The molecule has 1 aliphatic rings. The Kier molecular flexibility index (Phi) is 3.26. The van der Waals surface area contributed by atoms with Crippen LogP contribution < -0.4 is 5.32 Å². The third-order valence-corrected chi connectivity index (χ3v) is 3.72. The van der Waals surface area contributed by atoms with E-state index in [9.17, 15) is 0 Å². The normalized spacial score (nSPS) is 19.9. The number of anilines is 1. The van der Waals surface area contributed by atoms with Gasteiger partial charge in [0.25, 0.3) is 0 Å². The van der Waals surface area contributed by atoms with Crippen molar-refractivity contribution in [2.45, 2.75) is 12.5 Å². The first-order valence-corrected chi connectivity index (χ1v) is 6.80. The summed E-state index contributed by atoms with van der Waals surface area (Å²) < 4.78 is 0. The molecule has 1 saturated carbocycles. The summed E-state index contributed by atoms with van der Waals surface area (Å²) in [5.41, 5.74) is 3.98. The van der Waals surface area contributed by atoms with Crippen LogP contribution in [-0.2, 0) is 0 Å². The van der Waals surface area contributed by atoms with Gasteiger partial charge in [-0.25, -0.2) is 0 Å². The molecule has 1 N–H and O–H groups in total. The molecule has 2 heteroatoms. The molecule has 98 valence electrons. The highest BCUT2D eigenvalue weighted by Crippen LogP contribution is 2.37. The fraction of sp³-hybridized carbons (Fsp3) is 0.167. The molecule has 0 spiro atoms. The Bertz CT molecular complexity index is 668. The standard InChI is InChI=1S/C18H16N2/c1-2-14-11-18(14)20-17-9-8-13(12-19)10-16(17)15-6-4-3-5-7-15/h2-10,14,18,20H,1,11H2. The molecule has 0 amide bonds. The predicted octanol–water partition coefficient (Wildman–Crippen LogP) is 4.21. The SMILES string of the molecule is C=CC1CC1Nc1ccc(C#N)cc1-c1ccccc1. The van der Waals surface area contributed by atoms with E-state index in [1.54, 1.807) is 0 Å². The van der Waals surface area contributed by atoms with Crippen LogP contribution in [0.4, 0.5) is 5.69 Å². The van der Waals surface area contributed by atoms with Gasteiger partial charge < -0.3 is 5.32 Å². The molecular formula is C18H16N2. The second kappa shape index (κ2) is 5.22. The number of nitriles is 1. The molecule has 2 atom stereocenters. The summed E-state index contributed by atoms with van der Waals surface area (Å²) >= 11 is 0. The van der Waals surface area contributed by atoms with E-state index in [2.05, 4.69) is 30.1 Å². The van der Waals surface area contributed by atoms with E-state index in [1.807, 2.05) is 42.5 Å². The molecule has 0 aliphatic heterocycles. The van der Waals surface area contributed by atoms with Crippen molar-refractivity contribution >= 4 is 5.69 Å². The Morgan fingerprint density at radius 3 is 2.65 bits per heavy atom. The molecule has 1 fully saturated rings. The van der Waals surface area contributed by atoms with E-state index in [4.69, 9.17) is 5.26 Å². The van der Waals surface area contributed by atoms with E-state index in [0.717, 1.165) is 23.2 Å². The minimum atomic E-state index is 0.475. The number of rotatable bonds is 4. The third-order valence-electron chi connectivity index (χ3n) is 3.72. The van der Waals surface area contributed by atoms with Crippen molar-refractivity contribution in [3.63, 3.8) is 0 Å². The maximum atomic E-state index is 9.09. The van der Waals surface area contributed by atoms with Crippen LogP contribution in [0.5, 0.6) is 0 Å². The first kappa shape index (κ1) is 12.5. The topological polar surface area (TPSA) is 35.8 Å². The third kappa shape index (κ3) is 2.44. The van der Waals surface area contributed by atoms with Crippen molar-refractivity contribution in [2.75, 3.05) is 5.32 Å². The Labute approximate surface area is 119 Å². The van der Waals surface area contributed by atoms with Gasteiger partial charge in [-0.05, 0) is 36.1 Å². The van der Waals surface area contributed by atoms with E-state index >= 15 is 0 Å². The molecule has 20 heavy (non-hydrogen) atoms. The van der Waals surface area contributed by atoms with Crippen molar-refractivity contribution in [3.05, 3.63) is 66.7 Å². The van der Waals surface area contributed by atoms with Gasteiger partial charge in [-0.2, -0.15) is 5.26 Å². The van der Waals surface area contributed by atoms with Crippen LogP contribution in [0.3, 0.4) is 0 Å². The first-order chi connectivity index (χ1) is 9.81. The maximum absolute atomic E-state index is 9.09. The molecule has 0 saturated heterocycles. The summed E-state index contributed by atoms with van der Waals surface area (Å²) in [7, 11) is 0. The van der Waals surface area contributed by atoms with E-state index in [0.29, 0.717) is 17.5 Å². The van der Waals surface area contributed by atoms with Gasteiger partial charge in [0.15, 0.2) is 0 Å². The molecule has 0 bridgehead atoms. The van der Waals surface area contributed by atoms with Crippen LogP contribution in [0.25, 0.3) is 11.1 Å². The lowest BCUT2D eigenvalue weighted by Gasteiger charge is -2.12. The van der Waals surface area contributed by atoms with Gasteiger partial charge in [-0.15, -0.1) is 6.58 Å². The van der Waals surface area contributed by atoms with Crippen molar-refractivity contribution < 1.29 is 0 Å². The zero-order valence-electron chi connectivity index (χ0n) is 11.2. The molecule has 2 unspecified atom stereocenters. The lowest BCUT2D eigenvalue weighted by atomic mass is 10.0. The molecule has 0 aromatic heterocycles. The summed E-state index contributed by atoms with van der Waals surface area (Å²) in [5, 5.41) is 12.6. The molecule has 3 rings (SSSR count). The highest BCUT2D eigenvalue weighted by atomic mass is 15.0. The summed E-state index contributed by atoms with van der Waals surface area (Å²) in [5.74, 6) is 0.564. The van der Waals surface area contributed by atoms with Crippen LogP contribution >= 0.6 is 0 Å². The minimum absolute atomic E-state index is 0.475. The molecule has 0 heterocycles. The minimum Gasteiger partial charge on any atom is -0.381 e. The van der Waals surface area contributed by atoms with Gasteiger partial charge in [-0.1, -0.05) is 36.4 Å². The summed E-state index contributed by atoms with van der Waals surface area (Å²) in [6.07, 6.45) is 3.14. The smallest absolute Gasteiger partial charge is 0.0991 e. The lowest BCUT2D eigenvalue weighted by Crippen LogP contribution is -2.05. The van der Waals surface area contributed by atoms with Crippen LogP contribution in [0.15, 0.2) is 61.2 Å². The lowest BCUT2D eigenvalue weighted by molar-refractivity contribution is 1.04. The maximum Gasteiger partial charge on any atom is 0.0991 e. The van der Waals surface area contributed by atoms with Crippen molar-refractivity contribution in [1.82, 2.24) is 0 Å². The van der Waals surface area contributed by atoms with Gasteiger partial charge in [-0.3, -0.25) is 0 Å². The van der Waals surface area contributed by atoms with Crippen molar-refractivity contribution in [3.8, 4) is 17.2 Å². The molecule has 2 aromatic rings. The Morgan fingerprint density at radius 1 is 1.20 bits per heavy atom. The molecule has 2 aromatic carbocycles. The predicted molar refractivity (Wildman–Crippen MR) is 82.3 cm³/mol. The van der Waals surface area contributed by atoms with E-state index < -0.39 is 0 Å². The van der Waals surface area contributed by atoms with E-state index in [1.165, 1.54) is 0 Å².